The van der Waals surface area contributed by atoms with E-state index in [0.29, 0.717) is 34.9 Å². The Kier molecular flexibility index (Phi) is 8.13. The number of nitrogens with one attached hydrogen (secondary N) is 2. The molecule has 0 saturated carbocycles. The first-order valence-electron chi connectivity index (χ1n) is 7.65. The molecule has 1 atom stereocenters. The number of halogens is 3. The molecule has 1 saturated heterocycles. The first-order valence-corrected chi connectivity index (χ1v) is 10.4. The van der Waals surface area contributed by atoms with E-state index in [1.807, 2.05) is 6.26 Å². The van der Waals surface area contributed by atoms with Gasteiger partial charge in [-0.15, -0.1) is 0 Å². The molecule has 142 valence electrons. The van der Waals surface area contributed by atoms with Gasteiger partial charge in [0, 0.05) is 38.5 Å². The highest BCUT2D eigenvalue weighted by molar-refractivity contribution is 7.99. The van der Waals surface area contributed by atoms with Crippen molar-refractivity contribution in [2.24, 2.45) is 10.9 Å². The first kappa shape index (κ1) is 21.4. The van der Waals surface area contributed by atoms with Gasteiger partial charge in [-0.1, -0.05) is 6.92 Å². The fourth-order valence-electron chi connectivity index (χ4n) is 2.29. The second-order valence-electron chi connectivity index (χ2n) is 5.67. The highest BCUT2D eigenvalue weighted by Gasteiger charge is 2.50. The average molecular weight is 390 g/mol. The summed E-state index contributed by atoms with van der Waals surface area (Å²) in [5, 5.41) is 6.75. The van der Waals surface area contributed by atoms with E-state index >= 15 is 0 Å². The van der Waals surface area contributed by atoms with E-state index in [4.69, 9.17) is 0 Å². The number of sulfonamides is 1. The van der Waals surface area contributed by atoms with Crippen LogP contribution in [-0.2, 0) is 10.0 Å². The van der Waals surface area contributed by atoms with E-state index in [2.05, 4.69) is 22.5 Å². The van der Waals surface area contributed by atoms with Gasteiger partial charge < -0.3 is 10.6 Å². The third-order valence-corrected chi connectivity index (χ3v) is 6.55. The number of piperidine rings is 1. The van der Waals surface area contributed by atoms with Gasteiger partial charge in [-0.25, -0.2) is 8.42 Å². The van der Waals surface area contributed by atoms with Crippen LogP contribution in [0.5, 0.6) is 0 Å². The number of guanidine groups is 1. The van der Waals surface area contributed by atoms with Gasteiger partial charge in [-0.05, 0) is 25.0 Å². The summed E-state index contributed by atoms with van der Waals surface area (Å²) in [6.45, 7) is 3.17. The van der Waals surface area contributed by atoms with E-state index in [9.17, 15) is 21.6 Å². The Morgan fingerprint density at radius 2 is 1.92 bits per heavy atom. The molecular weight excluding hydrogens is 365 g/mol. The topological polar surface area (TPSA) is 73.8 Å². The van der Waals surface area contributed by atoms with Crippen molar-refractivity contribution < 1.29 is 21.6 Å². The van der Waals surface area contributed by atoms with Crippen molar-refractivity contribution in [1.29, 1.82) is 0 Å². The van der Waals surface area contributed by atoms with Crippen molar-refractivity contribution in [3.63, 3.8) is 0 Å². The molecular formula is C13H25F3N4O2S2. The fraction of sp³-hybridized carbons (Fsp3) is 0.923. The summed E-state index contributed by atoms with van der Waals surface area (Å²) >= 11 is 1.73. The molecule has 0 bridgehead atoms. The van der Waals surface area contributed by atoms with E-state index < -0.39 is 15.5 Å². The van der Waals surface area contributed by atoms with Gasteiger partial charge in [0.05, 0.1) is 0 Å². The molecule has 1 aliphatic heterocycles. The SMILES string of the molecule is CN=C(NCC1CCN(S(=O)(=O)C(F)(F)F)CC1)NCC(C)SC. The second-order valence-corrected chi connectivity index (χ2v) is 8.88. The summed E-state index contributed by atoms with van der Waals surface area (Å²) in [6.07, 6.45) is 2.80. The summed E-state index contributed by atoms with van der Waals surface area (Å²) < 4.78 is 60.8. The molecule has 0 aromatic heterocycles. The van der Waals surface area contributed by atoms with Crippen molar-refractivity contribution in [2.75, 3.05) is 39.5 Å². The van der Waals surface area contributed by atoms with Crippen LogP contribution in [0.15, 0.2) is 4.99 Å². The average Bonchev–Trinajstić information content (AvgIpc) is 2.54. The Labute approximate surface area is 145 Å². The molecule has 6 nitrogen and oxygen atoms in total. The van der Waals surface area contributed by atoms with Gasteiger partial charge in [0.15, 0.2) is 5.96 Å². The quantitative estimate of drug-likeness (QED) is 0.531. The molecule has 24 heavy (non-hydrogen) atoms. The first-order chi connectivity index (χ1) is 11.1. The third kappa shape index (κ3) is 5.99. The van der Waals surface area contributed by atoms with Crippen LogP contribution in [0.1, 0.15) is 19.8 Å². The monoisotopic (exact) mass is 390 g/mol. The molecule has 1 heterocycles. The van der Waals surface area contributed by atoms with Gasteiger partial charge in [0.1, 0.15) is 0 Å². The van der Waals surface area contributed by atoms with Crippen LogP contribution in [0.25, 0.3) is 0 Å². The van der Waals surface area contributed by atoms with Crippen molar-refractivity contribution >= 4 is 27.7 Å². The van der Waals surface area contributed by atoms with Crippen LogP contribution in [-0.4, -0.2) is 68.9 Å². The number of aliphatic imine (C=N–C) groups is 1. The summed E-state index contributed by atoms with van der Waals surface area (Å²) in [5.74, 6) is 0.752. The van der Waals surface area contributed by atoms with Gasteiger partial charge in [0.25, 0.3) is 0 Å². The van der Waals surface area contributed by atoms with Gasteiger partial charge in [-0.3, -0.25) is 4.99 Å². The minimum atomic E-state index is -5.22. The predicted octanol–water partition coefficient (Wildman–Crippen LogP) is 1.46. The van der Waals surface area contributed by atoms with Crippen LogP contribution in [0.4, 0.5) is 13.2 Å². The normalized spacial score (nSPS) is 20.0. The standard InChI is InChI=1S/C13H25F3N4O2S2/c1-10(23-3)8-18-12(17-2)19-9-11-4-6-20(7-5-11)24(21,22)13(14,15)16/h10-11H,4-9H2,1-3H3,(H2,17,18,19). The van der Waals surface area contributed by atoms with Crippen molar-refractivity contribution in [1.82, 2.24) is 14.9 Å². The summed E-state index contributed by atoms with van der Waals surface area (Å²) in [6, 6.07) is 0. The predicted molar refractivity (Wildman–Crippen MR) is 91.6 cm³/mol. The van der Waals surface area contributed by atoms with Gasteiger partial charge in [0.2, 0.25) is 0 Å². The van der Waals surface area contributed by atoms with E-state index in [-0.39, 0.29) is 19.0 Å². The smallest absolute Gasteiger partial charge is 0.356 e. The van der Waals surface area contributed by atoms with Crippen molar-refractivity contribution in [3.05, 3.63) is 0 Å². The summed E-state index contributed by atoms with van der Waals surface area (Å²) in [4.78, 5) is 4.10. The molecule has 0 radical (unpaired) electrons. The second kappa shape index (κ2) is 9.14. The van der Waals surface area contributed by atoms with E-state index in [1.165, 1.54) is 0 Å². The zero-order chi connectivity index (χ0) is 18.4. The minimum absolute atomic E-state index is 0.107. The van der Waals surface area contributed by atoms with E-state index in [1.54, 1.807) is 18.8 Å². The number of nitrogens with zero attached hydrogens (tertiary/aromatic N) is 2. The maximum Gasteiger partial charge on any atom is 0.511 e. The number of alkyl halides is 3. The number of rotatable bonds is 6. The number of hydrogen-bond acceptors (Lipinski definition) is 4. The molecule has 0 aliphatic carbocycles. The third-order valence-electron chi connectivity index (χ3n) is 3.95. The molecule has 0 aromatic rings. The van der Waals surface area contributed by atoms with Gasteiger partial charge in [-0.2, -0.15) is 29.2 Å². The Bertz CT molecular complexity index is 518. The maximum atomic E-state index is 12.5. The van der Waals surface area contributed by atoms with Gasteiger partial charge >= 0.3 is 15.5 Å². The van der Waals surface area contributed by atoms with Crippen LogP contribution < -0.4 is 10.6 Å². The molecule has 0 amide bonds. The lowest BCUT2D eigenvalue weighted by Gasteiger charge is -2.31. The number of thioether (sulfide) groups is 1. The lowest BCUT2D eigenvalue weighted by Crippen LogP contribution is -2.47. The zero-order valence-electron chi connectivity index (χ0n) is 14.1. The molecule has 1 fully saturated rings. The van der Waals surface area contributed by atoms with Crippen molar-refractivity contribution in [3.8, 4) is 0 Å². The van der Waals surface area contributed by atoms with Crippen LogP contribution in [0.2, 0.25) is 0 Å². The van der Waals surface area contributed by atoms with Crippen molar-refractivity contribution in [2.45, 2.75) is 30.5 Å². The Morgan fingerprint density at radius 1 is 1.33 bits per heavy atom. The largest absolute Gasteiger partial charge is 0.511 e. The molecule has 1 aliphatic rings. The van der Waals surface area contributed by atoms with Crippen LogP contribution >= 0.6 is 11.8 Å². The molecule has 1 unspecified atom stereocenters. The molecule has 0 spiro atoms. The molecule has 1 rings (SSSR count). The lowest BCUT2D eigenvalue weighted by atomic mass is 9.98. The molecule has 0 aromatic carbocycles. The minimum Gasteiger partial charge on any atom is -0.356 e. The summed E-state index contributed by atoms with van der Waals surface area (Å²) in [7, 11) is -3.56. The lowest BCUT2D eigenvalue weighted by molar-refractivity contribution is -0.0496. The highest BCUT2D eigenvalue weighted by Crippen LogP contribution is 2.30. The fourth-order valence-corrected chi connectivity index (χ4v) is 3.52. The molecule has 11 heteroatoms. The molecule has 2 N–H and O–H groups in total. The zero-order valence-corrected chi connectivity index (χ0v) is 15.7. The van der Waals surface area contributed by atoms with E-state index in [0.717, 1.165) is 6.54 Å². The highest BCUT2D eigenvalue weighted by atomic mass is 32.2. The Hall–Kier alpha value is -0.680. The van der Waals surface area contributed by atoms with Crippen LogP contribution in [0, 0.1) is 5.92 Å². The maximum absolute atomic E-state index is 12.5. The Balaban J connectivity index is 2.41. The number of hydrogen-bond donors (Lipinski definition) is 2. The summed E-state index contributed by atoms with van der Waals surface area (Å²) in [5.41, 5.74) is -5.22. The van der Waals surface area contributed by atoms with Crippen LogP contribution in [0.3, 0.4) is 0 Å². The Morgan fingerprint density at radius 3 is 2.38 bits per heavy atom.